The Kier molecular flexibility index (Phi) is 7.55. The van der Waals surface area contributed by atoms with Gasteiger partial charge in [0, 0.05) is 25.7 Å². The molecular weight excluding hydrogens is 354 g/mol. The molecule has 0 aromatic heterocycles. The first-order valence-corrected chi connectivity index (χ1v) is 9.05. The normalized spacial score (nSPS) is 20.1. The van der Waals surface area contributed by atoms with Gasteiger partial charge in [0.05, 0.1) is 20.8 Å². The average Bonchev–Trinajstić information content (AvgIpc) is 2.66. The zero-order valence-electron chi connectivity index (χ0n) is 15.9. The summed E-state index contributed by atoms with van der Waals surface area (Å²) in [6, 6.07) is 4.55. The largest absolute Gasteiger partial charge is 0.493 e. The SMILES string of the molecule is CNC1CCCN(CC(=O)N2CCc3cc(OC)c(OC)cc3C2)C1.Cl. The van der Waals surface area contributed by atoms with Crippen molar-refractivity contribution in [3.63, 3.8) is 0 Å². The molecule has 1 aromatic rings. The third kappa shape index (κ3) is 4.61. The molecule has 2 heterocycles. The van der Waals surface area contributed by atoms with Gasteiger partial charge in [-0.05, 0) is 56.1 Å². The molecule has 1 amide bonds. The van der Waals surface area contributed by atoms with E-state index in [9.17, 15) is 4.79 Å². The van der Waals surface area contributed by atoms with Crippen LogP contribution in [0.15, 0.2) is 12.1 Å². The number of nitrogens with one attached hydrogen (secondary N) is 1. The minimum absolute atomic E-state index is 0. The number of methoxy groups -OCH3 is 2. The highest BCUT2D eigenvalue weighted by Gasteiger charge is 2.26. The van der Waals surface area contributed by atoms with Crippen LogP contribution in [0, 0.1) is 0 Å². The van der Waals surface area contributed by atoms with Gasteiger partial charge in [-0.25, -0.2) is 0 Å². The molecule has 1 N–H and O–H groups in total. The lowest BCUT2D eigenvalue weighted by molar-refractivity contribution is -0.133. The summed E-state index contributed by atoms with van der Waals surface area (Å²) in [6.07, 6.45) is 3.21. The lowest BCUT2D eigenvalue weighted by Crippen LogP contribution is -2.49. The van der Waals surface area contributed by atoms with Crippen LogP contribution in [0.4, 0.5) is 0 Å². The summed E-state index contributed by atoms with van der Waals surface area (Å²) >= 11 is 0. The van der Waals surface area contributed by atoms with Gasteiger partial charge < -0.3 is 19.7 Å². The zero-order valence-corrected chi connectivity index (χ0v) is 16.7. The maximum Gasteiger partial charge on any atom is 0.237 e. The highest BCUT2D eigenvalue weighted by atomic mass is 35.5. The molecule has 0 saturated carbocycles. The highest BCUT2D eigenvalue weighted by molar-refractivity contribution is 5.85. The second kappa shape index (κ2) is 9.44. The second-order valence-electron chi connectivity index (χ2n) is 6.90. The van der Waals surface area contributed by atoms with Gasteiger partial charge in [0.2, 0.25) is 5.91 Å². The summed E-state index contributed by atoms with van der Waals surface area (Å²) in [7, 11) is 5.30. The lowest BCUT2D eigenvalue weighted by Gasteiger charge is -2.35. The van der Waals surface area contributed by atoms with Crippen molar-refractivity contribution in [3.8, 4) is 11.5 Å². The van der Waals surface area contributed by atoms with Crippen LogP contribution >= 0.6 is 12.4 Å². The summed E-state index contributed by atoms with van der Waals surface area (Å²) in [5.41, 5.74) is 2.40. The molecule has 146 valence electrons. The Bertz CT molecular complexity index is 626. The number of piperidine rings is 1. The molecule has 1 fully saturated rings. The topological polar surface area (TPSA) is 54.0 Å². The molecule has 0 bridgehead atoms. The first kappa shape index (κ1) is 20.8. The number of likely N-dealkylation sites (tertiary alicyclic amines) is 1. The first-order valence-electron chi connectivity index (χ1n) is 9.05. The van der Waals surface area contributed by atoms with Crippen molar-refractivity contribution in [1.29, 1.82) is 0 Å². The van der Waals surface area contributed by atoms with Crippen LogP contribution in [-0.4, -0.2) is 69.2 Å². The number of nitrogens with zero attached hydrogens (tertiary/aromatic N) is 2. The maximum atomic E-state index is 12.8. The van der Waals surface area contributed by atoms with Gasteiger partial charge >= 0.3 is 0 Å². The van der Waals surface area contributed by atoms with E-state index in [1.807, 2.05) is 24.1 Å². The number of hydrogen-bond donors (Lipinski definition) is 1. The van der Waals surface area contributed by atoms with Crippen molar-refractivity contribution in [1.82, 2.24) is 15.1 Å². The predicted octanol–water partition coefficient (Wildman–Crippen LogP) is 1.69. The number of carbonyl (C=O) groups excluding carboxylic acids is 1. The molecule has 7 heteroatoms. The van der Waals surface area contributed by atoms with E-state index in [4.69, 9.17) is 9.47 Å². The summed E-state index contributed by atoms with van der Waals surface area (Å²) in [5.74, 6) is 1.70. The lowest BCUT2D eigenvalue weighted by atomic mass is 9.98. The number of amides is 1. The fraction of sp³-hybridized carbons (Fsp3) is 0.632. The molecule has 1 saturated heterocycles. The van der Waals surface area contributed by atoms with Gasteiger partial charge in [0.25, 0.3) is 0 Å². The Morgan fingerprint density at radius 1 is 1.19 bits per heavy atom. The quantitative estimate of drug-likeness (QED) is 0.838. The number of rotatable bonds is 5. The average molecular weight is 384 g/mol. The van der Waals surface area contributed by atoms with Gasteiger partial charge in [0.1, 0.15) is 0 Å². The molecule has 6 nitrogen and oxygen atoms in total. The van der Waals surface area contributed by atoms with E-state index in [1.165, 1.54) is 12.0 Å². The number of likely N-dealkylation sites (N-methyl/N-ethyl adjacent to an activating group) is 1. The van der Waals surface area contributed by atoms with E-state index in [0.29, 0.717) is 19.1 Å². The number of ether oxygens (including phenoxy) is 2. The first-order chi connectivity index (χ1) is 12.1. The van der Waals surface area contributed by atoms with Crippen LogP contribution in [0.2, 0.25) is 0 Å². The molecular formula is C19H30ClN3O3. The Hall–Kier alpha value is -1.50. The van der Waals surface area contributed by atoms with Crippen LogP contribution < -0.4 is 14.8 Å². The van der Waals surface area contributed by atoms with Crippen molar-refractivity contribution < 1.29 is 14.3 Å². The van der Waals surface area contributed by atoms with Gasteiger partial charge in [0.15, 0.2) is 11.5 Å². The second-order valence-corrected chi connectivity index (χ2v) is 6.90. The molecule has 0 radical (unpaired) electrons. The molecule has 0 aliphatic carbocycles. The van der Waals surface area contributed by atoms with E-state index >= 15 is 0 Å². The number of benzene rings is 1. The molecule has 1 unspecified atom stereocenters. The number of fused-ring (bicyclic) bond motifs is 1. The fourth-order valence-electron chi connectivity index (χ4n) is 3.82. The summed E-state index contributed by atoms with van der Waals surface area (Å²) in [4.78, 5) is 17.0. The summed E-state index contributed by atoms with van der Waals surface area (Å²) < 4.78 is 10.8. The summed E-state index contributed by atoms with van der Waals surface area (Å²) in [5, 5.41) is 3.33. The Morgan fingerprint density at radius 2 is 1.88 bits per heavy atom. The third-order valence-electron chi connectivity index (χ3n) is 5.34. The molecule has 2 aliphatic rings. The van der Waals surface area contributed by atoms with Crippen molar-refractivity contribution in [2.45, 2.75) is 31.8 Å². The predicted molar refractivity (Wildman–Crippen MR) is 104 cm³/mol. The van der Waals surface area contributed by atoms with Crippen molar-refractivity contribution in [3.05, 3.63) is 23.3 Å². The van der Waals surface area contributed by atoms with Gasteiger partial charge in [-0.15, -0.1) is 12.4 Å². The standard InChI is InChI=1S/C19H29N3O3.ClH/c1-20-16-5-4-7-21(12-16)13-19(23)22-8-6-14-9-17(24-2)18(25-3)10-15(14)11-22;/h9-10,16,20H,4-8,11-13H2,1-3H3;1H. The Morgan fingerprint density at radius 3 is 2.54 bits per heavy atom. The minimum atomic E-state index is 0. The highest BCUT2D eigenvalue weighted by Crippen LogP contribution is 2.33. The number of hydrogen-bond acceptors (Lipinski definition) is 5. The maximum absolute atomic E-state index is 12.8. The molecule has 1 atom stereocenters. The minimum Gasteiger partial charge on any atom is -0.493 e. The molecule has 3 rings (SSSR count). The van der Waals surface area contributed by atoms with Crippen LogP contribution in [0.1, 0.15) is 24.0 Å². The molecule has 26 heavy (non-hydrogen) atoms. The molecule has 1 aromatic carbocycles. The van der Waals surface area contributed by atoms with Gasteiger partial charge in [-0.3, -0.25) is 9.69 Å². The van der Waals surface area contributed by atoms with E-state index in [1.54, 1.807) is 14.2 Å². The van der Waals surface area contributed by atoms with Crippen LogP contribution in [0.3, 0.4) is 0 Å². The van der Waals surface area contributed by atoms with E-state index in [-0.39, 0.29) is 18.3 Å². The van der Waals surface area contributed by atoms with Gasteiger partial charge in [-0.1, -0.05) is 0 Å². The van der Waals surface area contributed by atoms with Crippen molar-refractivity contribution >= 4 is 18.3 Å². The van der Waals surface area contributed by atoms with Crippen LogP contribution in [-0.2, 0) is 17.8 Å². The monoisotopic (exact) mass is 383 g/mol. The van der Waals surface area contributed by atoms with E-state index < -0.39 is 0 Å². The zero-order chi connectivity index (χ0) is 17.8. The van der Waals surface area contributed by atoms with Crippen molar-refractivity contribution in [2.24, 2.45) is 0 Å². The smallest absolute Gasteiger partial charge is 0.237 e. The third-order valence-corrected chi connectivity index (χ3v) is 5.34. The van der Waals surface area contributed by atoms with E-state index in [0.717, 1.165) is 49.5 Å². The van der Waals surface area contributed by atoms with Crippen LogP contribution in [0.25, 0.3) is 0 Å². The molecule has 2 aliphatic heterocycles. The van der Waals surface area contributed by atoms with E-state index in [2.05, 4.69) is 10.2 Å². The van der Waals surface area contributed by atoms with Crippen LogP contribution in [0.5, 0.6) is 11.5 Å². The van der Waals surface area contributed by atoms with Crippen molar-refractivity contribution in [2.75, 3.05) is 47.4 Å². The van der Waals surface area contributed by atoms with Gasteiger partial charge in [-0.2, -0.15) is 0 Å². The Labute approximate surface area is 162 Å². The number of carbonyl (C=O) groups is 1. The summed E-state index contributed by atoms with van der Waals surface area (Å²) in [6.45, 7) is 3.90. The fourth-order valence-corrected chi connectivity index (χ4v) is 3.82. The molecule has 0 spiro atoms. The Balaban J connectivity index is 0.00000243. The number of halogens is 1.